The molecule has 0 aliphatic heterocycles. The number of nitrogens with one attached hydrogen (secondary N) is 1. The summed E-state index contributed by atoms with van der Waals surface area (Å²) >= 11 is 0. The predicted molar refractivity (Wildman–Crippen MR) is 55.9 cm³/mol. The number of nitrogen functional groups attached to an aromatic ring is 1. The zero-order chi connectivity index (χ0) is 10.3. The minimum atomic E-state index is -0.0759. The van der Waals surface area contributed by atoms with E-state index in [1.165, 1.54) is 0 Å². The molecule has 2 aromatic rings. The molecule has 0 aliphatic carbocycles. The van der Waals surface area contributed by atoms with Gasteiger partial charge in [-0.3, -0.25) is 0 Å². The van der Waals surface area contributed by atoms with Crippen LogP contribution in [0.3, 0.4) is 0 Å². The van der Waals surface area contributed by atoms with Crippen LogP contribution in [0, 0.1) is 13.8 Å². The summed E-state index contributed by atoms with van der Waals surface area (Å²) in [5, 5.41) is 8.96. The first kappa shape index (κ1) is 9.02. The maximum absolute atomic E-state index is 8.96. The van der Waals surface area contributed by atoms with E-state index in [2.05, 4.69) is 9.97 Å². The van der Waals surface area contributed by atoms with Gasteiger partial charge in [0.05, 0.1) is 11.0 Å². The highest BCUT2D eigenvalue weighted by Crippen LogP contribution is 2.24. The van der Waals surface area contributed by atoms with Gasteiger partial charge in [-0.1, -0.05) is 0 Å². The number of fused-ring (bicyclic) bond motifs is 1. The van der Waals surface area contributed by atoms with Crippen LogP contribution in [0.5, 0.6) is 0 Å². The lowest BCUT2D eigenvalue weighted by atomic mass is 10.1. The van der Waals surface area contributed by atoms with Crippen LogP contribution in [0.2, 0.25) is 0 Å². The number of nitrogens with two attached hydrogens (primary N) is 1. The van der Waals surface area contributed by atoms with Crippen molar-refractivity contribution < 1.29 is 5.11 Å². The number of imidazole rings is 1. The van der Waals surface area contributed by atoms with Crippen molar-refractivity contribution in [2.75, 3.05) is 5.73 Å². The Hall–Kier alpha value is -1.55. The summed E-state index contributed by atoms with van der Waals surface area (Å²) in [6.45, 7) is 3.82. The van der Waals surface area contributed by atoms with Crippen molar-refractivity contribution >= 4 is 16.7 Å². The fourth-order valence-corrected chi connectivity index (χ4v) is 1.61. The van der Waals surface area contributed by atoms with E-state index in [0.717, 1.165) is 27.8 Å². The van der Waals surface area contributed by atoms with Gasteiger partial charge in [-0.05, 0) is 31.0 Å². The highest BCUT2D eigenvalue weighted by Gasteiger charge is 2.09. The SMILES string of the molecule is Cc1cc(N)c(C)c2[nH]c(CO)nc12. The van der Waals surface area contributed by atoms with E-state index in [1.807, 2.05) is 19.9 Å². The van der Waals surface area contributed by atoms with Gasteiger partial charge < -0.3 is 15.8 Å². The van der Waals surface area contributed by atoms with Gasteiger partial charge in [0.25, 0.3) is 0 Å². The molecular weight excluding hydrogens is 178 g/mol. The fraction of sp³-hybridized carbons (Fsp3) is 0.300. The molecule has 1 aromatic heterocycles. The lowest BCUT2D eigenvalue weighted by Gasteiger charge is -2.02. The third-order valence-corrected chi connectivity index (χ3v) is 2.46. The number of aliphatic hydroxyl groups excluding tert-OH is 1. The highest BCUT2D eigenvalue weighted by atomic mass is 16.3. The summed E-state index contributed by atoms with van der Waals surface area (Å²) in [6.07, 6.45) is 0. The molecule has 0 amide bonds. The lowest BCUT2D eigenvalue weighted by molar-refractivity contribution is 0.273. The Morgan fingerprint density at radius 2 is 2.21 bits per heavy atom. The normalized spacial score (nSPS) is 11.1. The zero-order valence-electron chi connectivity index (χ0n) is 8.26. The van der Waals surface area contributed by atoms with Gasteiger partial charge in [-0.2, -0.15) is 0 Å². The fourth-order valence-electron chi connectivity index (χ4n) is 1.61. The Kier molecular flexibility index (Phi) is 1.93. The summed E-state index contributed by atoms with van der Waals surface area (Å²) in [5.74, 6) is 0.580. The van der Waals surface area contributed by atoms with Gasteiger partial charge in [0.1, 0.15) is 12.4 Å². The molecule has 0 radical (unpaired) electrons. The Morgan fingerprint density at radius 1 is 1.50 bits per heavy atom. The minimum Gasteiger partial charge on any atom is -0.398 e. The molecule has 0 aliphatic rings. The molecule has 4 nitrogen and oxygen atoms in total. The molecular formula is C10H13N3O. The first-order chi connectivity index (χ1) is 6.63. The maximum Gasteiger partial charge on any atom is 0.133 e. The van der Waals surface area contributed by atoms with Crippen LogP contribution in [0.25, 0.3) is 11.0 Å². The predicted octanol–water partition coefficient (Wildman–Crippen LogP) is 1.25. The monoisotopic (exact) mass is 191 g/mol. The number of aromatic amines is 1. The van der Waals surface area contributed by atoms with E-state index < -0.39 is 0 Å². The number of hydrogen-bond donors (Lipinski definition) is 3. The van der Waals surface area contributed by atoms with Crippen LogP contribution in [0.1, 0.15) is 17.0 Å². The Balaban J connectivity index is 2.84. The first-order valence-corrected chi connectivity index (χ1v) is 4.48. The number of aryl methyl sites for hydroxylation is 2. The van der Waals surface area contributed by atoms with E-state index in [1.54, 1.807) is 0 Å². The molecule has 0 unspecified atom stereocenters. The number of benzene rings is 1. The molecule has 1 heterocycles. The molecule has 0 atom stereocenters. The van der Waals surface area contributed by atoms with Crippen molar-refractivity contribution in [2.45, 2.75) is 20.5 Å². The third-order valence-electron chi connectivity index (χ3n) is 2.46. The zero-order valence-corrected chi connectivity index (χ0v) is 8.26. The van der Waals surface area contributed by atoms with Gasteiger partial charge in [0.2, 0.25) is 0 Å². The summed E-state index contributed by atoms with van der Waals surface area (Å²) in [6, 6.07) is 1.90. The van der Waals surface area contributed by atoms with E-state index in [4.69, 9.17) is 10.8 Å². The van der Waals surface area contributed by atoms with Crippen LogP contribution in [-0.2, 0) is 6.61 Å². The van der Waals surface area contributed by atoms with Crippen LogP contribution < -0.4 is 5.73 Å². The second-order valence-corrected chi connectivity index (χ2v) is 3.47. The Morgan fingerprint density at radius 3 is 2.86 bits per heavy atom. The summed E-state index contributed by atoms with van der Waals surface area (Å²) < 4.78 is 0. The average Bonchev–Trinajstić information content (AvgIpc) is 2.58. The highest BCUT2D eigenvalue weighted by molar-refractivity contribution is 5.86. The quantitative estimate of drug-likeness (QED) is 0.594. The number of aliphatic hydroxyl groups is 1. The number of H-pyrrole nitrogens is 1. The number of aromatic nitrogens is 2. The van der Waals surface area contributed by atoms with Crippen molar-refractivity contribution in [3.63, 3.8) is 0 Å². The van der Waals surface area contributed by atoms with Crippen molar-refractivity contribution in [3.8, 4) is 0 Å². The summed E-state index contributed by atoms with van der Waals surface area (Å²) in [4.78, 5) is 7.33. The largest absolute Gasteiger partial charge is 0.398 e. The molecule has 0 spiro atoms. The second kappa shape index (κ2) is 2.99. The van der Waals surface area contributed by atoms with Crippen LogP contribution in [0.4, 0.5) is 5.69 Å². The van der Waals surface area contributed by atoms with Crippen molar-refractivity contribution in [1.29, 1.82) is 0 Å². The lowest BCUT2D eigenvalue weighted by Crippen LogP contribution is -1.92. The molecule has 4 heteroatoms. The van der Waals surface area contributed by atoms with Crippen molar-refractivity contribution in [3.05, 3.63) is 23.0 Å². The molecule has 74 valence electrons. The molecule has 4 N–H and O–H groups in total. The third kappa shape index (κ3) is 1.15. The van der Waals surface area contributed by atoms with Crippen molar-refractivity contribution in [2.24, 2.45) is 0 Å². The Labute approximate surface area is 81.8 Å². The van der Waals surface area contributed by atoms with Gasteiger partial charge in [-0.25, -0.2) is 4.98 Å². The molecule has 0 saturated carbocycles. The summed E-state index contributed by atoms with van der Waals surface area (Å²) in [5.41, 5.74) is 10.4. The van der Waals surface area contributed by atoms with Crippen LogP contribution >= 0.6 is 0 Å². The van der Waals surface area contributed by atoms with E-state index in [9.17, 15) is 0 Å². The molecule has 2 rings (SSSR count). The number of nitrogens with zero attached hydrogens (tertiary/aromatic N) is 1. The topological polar surface area (TPSA) is 74.9 Å². The summed E-state index contributed by atoms with van der Waals surface area (Å²) in [7, 11) is 0. The number of anilines is 1. The first-order valence-electron chi connectivity index (χ1n) is 4.48. The molecule has 0 fully saturated rings. The number of rotatable bonds is 1. The van der Waals surface area contributed by atoms with Crippen LogP contribution in [0.15, 0.2) is 6.07 Å². The van der Waals surface area contributed by atoms with Gasteiger partial charge >= 0.3 is 0 Å². The van der Waals surface area contributed by atoms with E-state index >= 15 is 0 Å². The van der Waals surface area contributed by atoms with E-state index in [-0.39, 0.29) is 6.61 Å². The van der Waals surface area contributed by atoms with Gasteiger partial charge in [0.15, 0.2) is 0 Å². The maximum atomic E-state index is 8.96. The van der Waals surface area contributed by atoms with Crippen LogP contribution in [-0.4, -0.2) is 15.1 Å². The average molecular weight is 191 g/mol. The molecule has 1 aromatic carbocycles. The number of hydrogen-bond acceptors (Lipinski definition) is 3. The van der Waals surface area contributed by atoms with Gasteiger partial charge in [0, 0.05) is 5.69 Å². The molecule has 14 heavy (non-hydrogen) atoms. The van der Waals surface area contributed by atoms with Gasteiger partial charge in [-0.15, -0.1) is 0 Å². The molecule has 0 bridgehead atoms. The van der Waals surface area contributed by atoms with E-state index in [0.29, 0.717) is 5.82 Å². The van der Waals surface area contributed by atoms with Crippen molar-refractivity contribution in [1.82, 2.24) is 9.97 Å². The minimum absolute atomic E-state index is 0.0759. The standard InChI is InChI=1S/C10H13N3O/c1-5-3-7(11)6(2)10-9(5)12-8(4-14)13-10/h3,14H,4,11H2,1-2H3,(H,12,13). The molecule has 0 saturated heterocycles. The Bertz CT molecular complexity index is 488. The smallest absolute Gasteiger partial charge is 0.133 e. The second-order valence-electron chi connectivity index (χ2n) is 3.47.